The summed E-state index contributed by atoms with van der Waals surface area (Å²) >= 11 is 1.29. The summed E-state index contributed by atoms with van der Waals surface area (Å²) < 4.78 is 1.37. The summed E-state index contributed by atoms with van der Waals surface area (Å²) in [6, 6.07) is -0.407. The number of urea groups is 1. The largest absolute Gasteiger partial charge is 0.445 e. The number of carbonyl (C=O) groups is 3. The lowest BCUT2D eigenvalue weighted by Gasteiger charge is -2.26. The minimum Gasteiger partial charge on any atom is -0.351 e. The smallest absolute Gasteiger partial charge is 0.351 e. The monoisotopic (exact) mass is 337 g/mol. The molecule has 0 aromatic carbocycles. The highest BCUT2D eigenvalue weighted by atomic mass is 32.2. The maximum Gasteiger partial charge on any atom is 0.445 e. The average molecular weight is 337 g/mol. The zero-order valence-electron chi connectivity index (χ0n) is 13.9. The highest BCUT2D eigenvalue weighted by Crippen LogP contribution is 2.31. The number of allylic oxidation sites excluding steroid dienone is 1. The number of hydrogen-bond acceptors (Lipinski definition) is 5. The van der Waals surface area contributed by atoms with Crippen LogP contribution in [0.5, 0.6) is 0 Å². The molecule has 0 radical (unpaired) electrons. The van der Waals surface area contributed by atoms with Crippen LogP contribution in [-0.4, -0.2) is 64.8 Å². The Kier molecular flexibility index (Phi) is 4.74. The molecule has 2 heterocycles. The van der Waals surface area contributed by atoms with Crippen molar-refractivity contribution >= 4 is 41.7 Å². The number of nitrogens with zero attached hydrogens (tertiary/aromatic N) is 3. The average Bonchev–Trinajstić information content (AvgIpc) is 2.46. The molecule has 0 aliphatic carbocycles. The number of amidine groups is 1. The van der Waals surface area contributed by atoms with Gasteiger partial charge in [0.05, 0.1) is 19.8 Å². The zero-order valence-corrected chi connectivity index (χ0v) is 14.7. The first-order valence-corrected chi connectivity index (χ1v) is 8.20. The number of thioether (sulfide) groups is 1. The molecule has 124 valence electrons. The van der Waals surface area contributed by atoms with Gasteiger partial charge in [0.15, 0.2) is 5.92 Å². The quantitative estimate of drug-likeness (QED) is 0.774. The van der Waals surface area contributed by atoms with Crippen LogP contribution in [0.15, 0.2) is 16.0 Å². The molecule has 7 nitrogen and oxygen atoms in total. The number of rotatable bonds is 3. The summed E-state index contributed by atoms with van der Waals surface area (Å²) in [5.41, 5.74) is -0.301. The van der Waals surface area contributed by atoms with Gasteiger partial charge in [0.25, 0.3) is 5.84 Å². The minimum atomic E-state index is -0.625. The van der Waals surface area contributed by atoms with Crippen molar-refractivity contribution in [3.63, 3.8) is 0 Å². The van der Waals surface area contributed by atoms with Gasteiger partial charge in [0.1, 0.15) is 6.21 Å². The lowest BCUT2D eigenvalue weighted by Crippen LogP contribution is -2.52. The molecule has 1 atom stereocenters. The van der Waals surface area contributed by atoms with Crippen molar-refractivity contribution in [2.45, 2.75) is 26.3 Å². The first-order valence-electron chi connectivity index (χ1n) is 7.22. The number of imide groups is 1. The Morgan fingerprint density at radius 2 is 2.09 bits per heavy atom. The topological polar surface area (TPSA) is 81.8 Å². The fourth-order valence-corrected chi connectivity index (χ4v) is 3.24. The van der Waals surface area contributed by atoms with Crippen LogP contribution in [0.4, 0.5) is 4.79 Å². The SMILES string of the molecule is CN1C(=O)C2C(SCC(=O)NC(C)(C)C)=CC=NC2=[N+](C)C1=O. The van der Waals surface area contributed by atoms with E-state index in [9.17, 15) is 14.4 Å². The Bertz CT molecular complexity index is 658. The van der Waals surface area contributed by atoms with Crippen molar-refractivity contribution in [1.82, 2.24) is 10.2 Å². The number of nitrogens with one attached hydrogen (secondary N) is 1. The van der Waals surface area contributed by atoms with Crippen molar-refractivity contribution < 1.29 is 19.0 Å². The second-order valence-corrected chi connectivity index (χ2v) is 7.51. The van der Waals surface area contributed by atoms with Gasteiger partial charge < -0.3 is 5.32 Å². The van der Waals surface area contributed by atoms with E-state index in [1.807, 2.05) is 20.8 Å². The van der Waals surface area contributed by atoms with Gasteiger partial charge in [-0.1, -0.05) is 0 Å². The van der Waals surface area contributed by atoms with Gasteiger partial charge in [0.2, 0.25) is 5.91 Å². The Hall–Kier alpha value is -1.96. The van der Waals surface area contributed by atoms with Crippen LogP contribution in [0.25, 0.3) is 0 Å². The van der Waals surface area contributed by atoms with Crippen LogP contribution >= 0.6 is 11.8 Å². The number of dihydropyridines is 1. The van der Waals surface area contributed by atoms with E-state index in [4.69, 9.17) is 0 Å². The summed E-state index contributed by atoms with van der Waals surface area (Å²) in [6.07, 6.45) is 3.27. The predicted octanol–water partition coefficient (Wildman–Crippen LogP) is 0.852. The number of fused-ring (bicyclic) bond motifs is 1. The van der Waals surface area contributed by atoms with Crippen molar-refractivity contribution in [3.05, 3.63) is 11.0 Å². The van der Waals surface area contributed by atoms with E-state index in [1.54, 1.807) is 19.3 Å². The van der Waals surface area contributed by atoms with E-state index >= 15 is 0 Å². The Morgan fingerprint density at radius 1 is 1.43 bits per heavy atom. The summed E-state index contributed by atoms with van der Waals surface area (Å²) in [5, 5.41) is 2.88. The van der Waals surface area contributed by atoms with E-state index in [0.717, 1.165) is 9.81 Å². The number of amides is 4. The van der Waals surface area contributed by atoms with Gasteiger partial charge in [-0.3, -0.25) is 9.59 Å². The van der Waals surface area contributed by atoms with Crippen molar-refractivity contribution in [2.75, 3.05) is 19.8 Å². The van der Waals surface area contributed by atoms with Gasteiger partial charge in [-0.2, -0.15) is 9.48 Å². The van der Waals surface area contributed by atoms with Crippen molar-refractivity contribution in [3.8, 4) is 0 Å². The van der Waals surface area contributed by atoms with Crippen LogP contribution in [-0.2, 0) is 9.59 Å². The van der Waals surface area contributed by atoms with Crippen molar-refractivity contribution in [2.24, 2.45) is 10.9 Å². The van der Waals surface area contributed by atoms with E-state index in [1.165, 1.54) is 23.4 Å². The normalized spacial score (nSPS) is 21.3. The summed E-state index contributed by atoms with van der Waals surface area (Å²) in [6.45, 7) is 5.73. The summed E-state index contributed by atoms with van der Waals surface area (Å²) in [5.74, 6) is -0.446. The molecule has 23 heavy (non-hydrogen) atoms. The van der Waals surface area contributed by atoms with E-state index in [0.29, 0.717) is 5.84 Å². The second-order valence-electron chi connectivity index (χ2n) is 6.46. The molecular weight excluding hydrogens is 316 g/mol. The fraction of sp³-hybridized carbons (Fsp3) is 0.533. The molecular formula is C15H21N4O3S+. The number of hydrogen-bond donors (Lipinski definition) is 1. The molecule has 0 saturated carbocycles. The Morgan fingerprint density at radius 3 is 2.70 bits per heavy atom. The Labute approximate surface area is 139 Å². The highest BCUT2D eigenvalue weighted by molar-refractivity contribution is 8.03. The van der Waals surface area contributed by atoms with E-state index in [-0.39, 0.29) is 23.1 Å². The molecule has 2 rings (SSSR count). The molecule has 4 amide bonds. The molecule has 0 fully saturated rings. The Balaban J connectivity index is 2.17. The standard InChI is InChI=1S/C15H20N4O3S/c1-15(2,3)17-10(20)8-23-9-6-7-16-12-11(9)13(21)19(5)14(22)18(12)4/h6-7,11H,8H2,1-5H3/p+1. The molecule has 0 saturated heterocycles. The predicted molar refractivity (Wildman–Crippen MR) is 89.8 cm³/mol. The third-order valence-electron chi connectivity index (χ3n) is 3.37. The second kappa shape index (κ2) is 6.27. The van der Waals surface area contributed by atoms with Crippen LogP contribution < -0.4 is 5.32 Å². The van der Waals surface area contributed by atoms with Gasteiger partial charge in [-0.25, -0.2) is 4.79 Å². The molecule has 0 aromatic heterocycles. The minimum absolute atomic E-state index is 0.103. The first kappa shape index (κ1) is 17.4. The van der Waals surface area contributed by atoms with Crippen LogP contribution in [0, 0.1) is 5.92 Å². The maximum atomic E-state index is 12.4. The lowest BCUT2D eigenvalue weighted by molar-refractivity contribution is -0.407. The molecule has 0 bridgehead atoms. The molecule has 2 aliphatic heterocycles. The first-order chi connectivity index (χ1) is 10.6. The van der Waals surface area contributed by atoms with Crippen molar-refractivity contribution in [1.29, 1.82) is 0 Å². The summed E-state index contributed by atoms with van der Waals surface area (Å²) in [4.78, 5) is 42.3. The number of aliphatic imine (C=N–C) groups is 1. The molecule has 8 heteroatoms. The zero-order chi connectivity index (χ0) is 17.4. The van der Waals surface area contributed by atoms with Gasteiger partial charge >= 0.3 is 11.9 Å². The van der Waals surface area contributed by atoms with E-state index < -0.39 is 11.9 Å². The van der Waals surface area contributed by atoms with Crippen LogP contribution in [0.1, 0.15) is 20.8 Å². The maximum absolute atomic E-state index is 12.4. The molecule has 1 unspecified atom stereocenters. The summed E-state index contributed by atoms with van der Waals surface area (Å²) in [7, 11) is 3.04. The van der Waals surface area contributed by atoms with Crippen LogP contribution in [0.3, 0.4) is 0 Å². The third kappa shape index (κ3) is 3.69. The van der Waals surface area contributed by atoms with Crippen LogP contribution in [0.2, 0.25) is 0 Å². The highest BCUT2D eigenvalue weighted by Gasteiger charge is 2.47. The number of carbonyl (C=O) groups excluding carboxylic acids is 3. The van der Waals surface area contributed by atoms with Gasteiger partial charge in [-0.15, -0.1) is 16.8 Å². The molecule has 0 spiro atoms. The fourth-order valence-electron chi connectivity index (χ4n) is 2.34. The molecule has 2 aliphatic rings. The third-order valence-corrected chi connectivity index (χ3v) is 4.48. The van der Waals surface area contributed by atoms with Gasteiger partial charge in [-0.05, 0) is 26.8 Å². The van der Waals surface area contributed by atoms with E-state index in [2.05, 4.69) is 10.3 Å². The molecule has 1 N–H and O–H groups in total. The lowest BCUT2D eigenvalue weighted by atomic mass is 10.0. The molecule has 0 aromatic rings. The van der Waals surface area contributed by atoms with Gasteiger partial charge in [0, 0.05) is 10.4 Å².